The molecule has 2 aromatic rings. The summed E-state index contributed by atoms with van der Waals surface area (Å²) < 4.78 is 73.7. The van der Waals surface area contributed by atoms with Crippen molar-refractivity contribution in [3.8, 4) is 0 Å². The number of ether oxygens (including phenoxy) is 1. The number of halogens is 3. The third-order valence-corrected chi connectivity index (χ3v) is 6.79. The maximum Gasteiger partial charge on any atom is 0.416 e. The summed E-state index contributed by atoms with van der Waals surface area (Å²) in [6.45, 7) is 1.56. The van der Waals surface area contributed by atoms with Gasteiger partial charge in [-0.25, -0.2) is 13.4 Å². The maximum absolute atomic E-state index is 12.7. The predicted molar refractivity (Wildman–Crippen MR) is 93.0 cm³/mol. The molecule has 0 radical (unpaired) electrons. The summed E-state index contributed by atoms with van der Waals surface area (Å²) in [6.07, 6.45) is -4.50. The summed E-state index contributed by atoms with van der Waals surface area (Å²) in [4.78, 5) is 6.11. The summed E-state index contributed by atoms with van der Waals surface area (Å²) in [7, 11) is -2.30. The van der Waals surface area contributed by atoms with Crippen molar-refractivity contribution in [2.75, 3.05) is 38.2 Å². The second kappa shape index (κ2) is 7.70. The summed E-state index contributed by atoms with van der Waals surface area (Å²) in [5.41, 5.74) is -0.880. The molecule has 148 valence electrons. The molecule has 0 amide bonds. The molecular formula is C15H17F3N4O3S2. The first-order chi connectivity index (χ1) is 12.7. The molecule has 1 fully saturated rings. The van der Waals surface area contributed by atoms with Gasteiger partial charge in [-0.1, -0.05) is 0 Å². The lowest BCUT2D eigenvalue weighted by Gasteiger charge is -2.33. The zero-order chi connectivity index (χ0) is 19.7. The van der Waals surface area contributed by atoms with Crippen molar-refractivity contribution in [1.29, 1.82) is 0 Å². The Hall–Kier alpha value is -1.76. The van der Waals surface area contributed by atoms with Crippen LogP contribution in [0.25, 0.3) is 0 Å². The predicted octanol–water partition coefficient (Wildman–Crippen LogP) is 2.21. The first kappa shape index (κ1) is 20.0. The van der Waals surface area contributed by atoms with E-state index in [9.17, 15) is 21.6 Å². The van der Waals surface area contributed by atoms with E-state index in [1.807, 2.05) is 4.90 Å². The van der Waals surface area contributed by atoms with Crippen molar-refractivity contribution in [3.05, 3.63) is 35.7 Å². The van der Waals surface area contributed by atoms with Gasteiger partial charge >= 0.3 is 6.18 Å². The van der Waals surface area contributed by atoms with E-state index in [2.05, 4.69) is 9.36 Å². The average molecular weight is 422 g/mol. The monoisotopic (exact) mass is 422 g/mol. The van der Waals surface area contributed by atoms with Gasteiger partial charge in [-0.2, -0.15) is 21.9 Å². The fraction of sp³-hybridized carbons (Fsp3) is 0.467. The van der Waals surface area contributed by atoms with Crippen LogP contribution in [0.2, 0.25) is 0 Å². The molecule has 0 aliphatic carbocycles. The minimum atomic E-state index is -4.50. The minimum absolute atomic E-state index is 0.151. The standard InChI is InChI=1S/C15H17F3N4O3S2/c1-25-10-13-19-14(26-20-13)21-6-8-22(9-7-21)27(23,24)12-4-2-11(3-5-12)15(16,17)18/h2-5H,6-10H2,1H3. The van der Waals surface area contributed by atoms with Crippen LogP contribution in [0.15, 0.2) is 29.2 Å². The topological polar surface area (TPSA) is 75.6 Å². The molecular weight excluding hydrogens is 405 g/mol. The molecule has 1 aromatic carbocycles. The van der Waals surface area contributed by atoms with Gasteiger partial charge < -0.3 is 9.64 Å². The fourth-order valence-electron chi connectivity index (χ4n) is 2.65. The van der Waals surface area contributed by atoms with Crippen LogP contribution < -0.4 is 4.90 Å². The molecule has 0 saturated carbocycles. The van der Waals surface area contributed by atoms with Crippen molar-refractivity contribution in [2.24, 2.45) is 0 Å². The summed E-state index contributed by atoms with van der Waals surface area (Å²) in [5.74, 6) is 0.567. The van der Waals surface area contributed by atoms with Crippen molar-refractivity contribution >= 4 is 26.7 Å². The number of anilines is 1. The van der Waals surface area contributed by atoms with Crippen LogP contribution in [-0.4, -0.2) is 55.4 Å². The van der Waals surface area contributed by atoms with Gasteiger partial charge in [0.05, 0.1) is 10.5 Å². The molecule has 0 unspecified atom stereocenters. The van der Waals surface area contributed by atoms with Gasteiger partial charge in [-0.15, -0.1) is 0 Å². The van der Waals surface area contributed by atoms with Gasteiger partial charge in [0.1, 0.15) is 6.61 Å². The molecule has 1 aromatic heterocycles. The second-order valence-corrected chi connectivity index (χ2v) is 8.51. The number of rotatable bonds is 5. The molecule has 0 atom stereocenters. The third-order valence-electron chi connectivity index (χ3n) is 4.06. The smallest absolute Gasteiger partial charge is 0.377 e. The Morgan fingerprint density at radius 2 is 1.78 bits per heavy atom. The van der Waals surface area contributed by atoms with Gasteiger partial charge in [0.2, 0.25) is 15.2 Å². The van der Waals surface area contributed by atoms with Crippen molar-refractivity contribution in [1.82, 2.24) is 13.7 Å². The van der Waals surface area contributed by atoms with Gasteiger partial charge in [-0.3, -0.25) is 0 Å². The molecule has 7 nitrogen and oxygen atoms in total. The highest BCUT2D eigenvalue weighted by Crippen LogP contribution is 2.30. The second-order valence-electron chi connectivity index (χ2n) is 5.84. The number of benzene rings is 1. The third kappa shape index (κ3) is 4.39. The van der Waals surface area contributed by atoms with E-state index >= 15 is 0 Å². The Bertz CT molecular complexity index is 876. The molecule has 0 bridgehead atoms. The van der Waals surface area contributed by atoms with Crippen LogP contribution in [0.5, 0.6) is 0 Å². The Morgan fingerprint density at radius 3 is 2.33 bits per heavy atom. The van der Waals surface area contributed by atoms with Crippen molar-refractivity contribution in [3.63, 3.8) is 0 Å². The van der Waals surface area contributed by atoms with E-state index in [0.717, 1.165) is 24.3 Å². The van der Waals surface area contributed by atoms with Gasteiger partial charge in [0.15, 0.2) is 5.82 Å². The lowest BCUT2D eigenvalue weighted by molar-refractivity contribution is -0.137. The van der Waals surface area contributed by atoms with E-state index in [0.29, 0.717) is 30.7 Å². The van der Waals surface area contributed by atoms with Crippen LogP contribution >= 0.6 is 11.5 Å². The van der Waals surface area contributed by atoms with Gasteiger partial charge in [0, 0.05) is 44.8 Å². The van der Waals surface area contributed by atoms with E-state index in [-0.39, 0.29) is 18.0 Å². The average Bonchev–Trinajstić information content (AvgIpc) is 3.10. The van der Waals surface area contributed by atoms with Crippen LogP contribution in [0, 0.1) is 0 Å². The lowest BCUT2D eigenvalue weighted by atomic mass is 10.2. The zero-order valence-electron chi connectivity index (χ0n) is 14.3. The molecule has 0 spiro atoms. The molecule has 3 rings (SSSR count). The number of sulfonamides is 1. The highest BCUT2D eigenvalue weighted by Gasteiger charge is 2.33. The Labute approximate surface area is 158 Å². The first-order valence-corrected chi connectivity index (χ1v) is 10.2. The Balaban J connectivity index is 1.67. The molecule has 1 saturated heterocycles. The number of methoxy groups -OCH3 is 1. The number of piperazine rings is 1. The van der Waals surface area contributed by atoms with Gasteiger partial charge in [-0.05, 0) is 24.3 Å². The maximum atomic E-state index is 12.7. The quantitative estimate of drug-likeness (QED) is 0.736. The molecule has 1 aliphatic rings. The van der Waals surface area contributed by atoms with Crippen molar-refractivity contribution in [2.45, 2.75) is 17.7 Å². The normalized spacial score (nSPS) is 16.7. The van der Waals surface area contributed by atoms with E-state index in [1.54, 1.807) is 7.11 Å². The summed E-state index contributed by atoms with van der Waals surface area (Å²) in [6, 6.07) is 3.54. The number of hydrogen-bond acceptors (Lipinski definition) is 7. The summed E-state index contributed by atoms with van der Waals surface area (Å²) >= 11 is 1.22. The highest BCUT2D eigenvalue weighted by atomic mass is 32.2. The lowest BCUT2D eigenvalue weighted by Crippen LogP contribution is -2.48. The molecule has 12 heteroatoms. The Morgan fingerprint density at radius 1 is 1.15 bits per heavy atom. The first-order valence-electron chi connectivity index (χ1n) is 7.95. The minimum Gasteiger partial charge on any atom is -0.377 e. The molecule has 2 heterocycles. The van der Waals surface area contributed by atoms with Gasteiger partial charge in [0.25, 0.3) is 0 Å². The fourth-order valence-corrected chi connectivity index (χ4v) is 4.79. The molecule has 0 N–H and O–H groups in total. The van der Waals surface area contributed by atoms with E-state index in [4.69, 9.17) is 4.74 Å². The van der Waals surface area contributed by atoms with E-state index < -0.39 is 21.8 Å². The van der Waals surface area contributed by atoms with Crippen LogP contribution in [0.3, 0.4) is 0 Å². The Kier molecular flexibility index (Phi) is 5.70. The molecule has 1 aliphatic heterocycles. The largest absolute Gasteiger partial charge is 0.416 e. The van der Waals surface area contributed by atoms with Crippen molar-refractivity contribution < 1.29 is 26.3 Å². The number of hydrogen-bond donors (Lipinski definition) is 0. The molecule has 27 heavy (non-hydrogen) atoms. The number of nitrogens with zero attached hydrogens (tertiary/aromatic N) is 4. The van der Waals surface area contributed by atoms with Crippen LogP contribution in [0.1, 0.15) is 11.4 Å². The van der Waals surface area contributed by atoms with Crippen LogP contribution in [0.4, 0.5) is 18.3 Å². The van der Waals surface area contributed by atoms with E-state index in [1.165, 1.54) is 15.8 Å². The number of alkyl halides is 3. The SMILES string of the molecule is COCc1nsc(N2CCN(S(=O)(=O)c3ccc(C(F)(F)F)cc3)CC2)n1. The highest BCUT2D eigenvalue weighted by molar-refractivity contribution is 7.89. The van der Waals surface area contributed by atoms with Crippen LogP contribution in [-0.2, 0) is 27.5 Å². The zero-order valence-corrected chi connectivity index (χ0v) is 15.9. The summed E-state index contributed by atoms with van der Waals surface area (Å²) in [5, 5.41) is 0.689. The number of aromatic nitrogens is 2.